The van der Waals surface area contributed by atoms with Crippen molar-refractivity contribution in [3.63, 3.8) is 0 Å². The summed E-state index contributed by atoms with van der Waals surface area (Å²) in [6.45, 7) is 3.33. The van der Waals surface area contributed by atoms with Gasteiger partial charge in [0.15, 0.2) is 0 Å². The van der Waals surface area contributed by atoms with Crippen LogP contribution in [0.15, 0.2) is 60.7 Å². The first-order valence-corrected chi connectivity index (χ1v) is 7.70. The van der Waals surface area contributed by atoms with Crippen LogP contribution in [0.5, 0.6) is 0 Å². The van der Waals surface area contributed by atoms with Crippen LogP contribution >= 0.6 is 0 Å². The summed E-state index contributed by atoms with van der Waals surface area (Å²) in [5, 5.41) is 0. The van der Waals surface area contributed by atoms with E-state index in [1.54, 1.807) is 0 Å². The monoisotopic (exact) mass is 265 g/mol. The number of benzene rings is 2. The lowest BCUT2D eigenvalue weighted by atomic mass is 10.1. The maximum absolute atomic E-state index is 2.59. The third-order valence-electron chi connectivity index (χ3n) is 4.05. The van der Waals surface area contributed by atoms with Gasteiger partial charge in [0, 0.05) is 13.1 Å². The fourth-order valence-electron chi connectivity index (χ4n) is 2.67. The number of hydrogen-bond acceptors (Lipinski definition) is 1. The molecule has 104 valence electrons. The summed E-state index contributed by atoms with van der Waals surface area (Å²) in [4.78, 5) is 2.59. The van der Waals surface area contributed by atoms with Gasteiger partial charge in [-0.3, -0.25) is 4.90 Å². The normalized spacial score (nSPS) is 14.7. The van der Waals surface area contributed by atoms with Crippen LogP contribution in [0.2, 0.25) is 0 Å². The standard InChI is InChI=1S/C19H23N/c1-3-7-18(8-4-1)15-20(14-13-17-11-12-17)16-19-9-5-2-6-10-19/h1-10,17H,11-16H2. The highest BCUT2D eigenvalue weighted by Crippen LogP contribution is 2.32. The van der Waals surface area contributed by atoms with Crippen LogP contribution in [0.3, 0.4) is 0 Å². The predicted molar refractivity (Wildman–Crippen MR) is 84.3 cm³/mol. The van der Waals surface area contributed by atoms with Crippen LogP contribution in [0, 0.1) is 5.92 Å². The second-order valence-corrected chi connectivity index (χ2v) is 5.91. The molecule has 0 amide bonds. The minimum absolute atomic E-state index is 1.00. The van der Waals surface area contributed by atoms with Crippen molar-refractivity contribution in [2.24, 2.45) is 5.92 Å². The minimum Gasteiger partial charge on any atom is -0.295 e. The van der Waals surface area contributed by atoms with E-state index in [9.17, 15) is 0 Å². The highest BCUT2D eigenvalue weighted by atomic mass is 15.1. The van der Waals surface area contributed by atoms with Crippen LogP contribution in [0.25, 0.3) is 0 Å². The Balaban J connectivity index is 1.63. The van der Waals surface area contributed by atoms with Gasteiger partial charge in [-0.25, -0.2) is 0 Å². The molecule has 2 aromatic rings. The molecule has 20 heavy (non-hydrogen) atoms. The van der Waals surface area contributed by atoms with E-state index in [4.69, 9.17) is 0 Å². The van der Waals surface area contributed by atoms with Gasteiger partial charge >= 0.3 is 0 Å². The van der Waals surface area contributed by atoms with E-state index in [1.807, 2.05) is 0 Å². The van der Waals surface area contributed by atoms with Crippen molar-refractivity contribution >= 4 is 0 Å². The summed E-state index contributed by atoms with van der Waals surface area (Å²) >= 11 is 0. The van der Waals surface area contributed by atoms with Gasteiger partial charge in [0.1, 0.15) is 0 Å². The maximum atomic E-state index is 2.59. The number of rotatable bonds is 7. The maximum Gasteiger partial charge on any atom is 0.0237 e. The highest BCUT2D eigenvalue weighted by molar-refractivity contribution is 5.17. The SMILES string of the molecule is c1ccc(CN(CCC2CC2)Cc2ccccc2)cc1. The zero-order valence-electron chi connectivity index (χ0n) is 12.0. The number of hydrogen-bond donors (Lipinski definition) is 0. The summed E-state index contributed by atoms with van der Waals surface area (Å²) in [5.41, 5.74) is 2.83. The first-order chi connectivity index (χ1) is 9.90. The average molecular weight is 265 g/mol. The molecule has 0 atom stereocenters. The Labute approximate surface area is 122 Å². The Hall–Kier alpha value is -1.60. The summed E-state index contributed by atoms with van der Waals surface area (Å²) in [7, 11) is 0. The molecule has 1 aliphatic rings. The van der Waals surface area contributed by atoms with Crippen molar-refractivity contribution in [1.29, 1.82) is 0 Å². The van der Waals surface area contributed by atoms with Crippen molar-refractivity contribution in [1.82, 2.24) is 4.90 Å². The Morgan fingerprint density at radius 2 is 1.25 bits per heavy atom. The van der Waals surface area contributed by atoms with E-state index < -0.39 is 0 Å². The Kier molecular flexibility index (Phi) is 4.49. The molecule has 0 spiro atoms. The highest BCUT2D eigenvalue weighted by Gasteiger charge is 2.21. The van der Waals surface area contributed by atoms with Crippen molar-refractivity contribution in [3.8, 4) is 0 Å². The molecule has 0 bridgehead atoms. The molecule has 0 aromatic heterocycles. The molecular formula is C19H23N. The minimum atomic E-state index is 1.00. The molecule has 1 heteroatoms. The second-order valence-electron chi connectivity index (χ2n) is 5.91. The van der Waals surface area contributed by atoms with Gasteiger partial charge < -0.3 is 0 Å². The van der Waals surface area contributed by atoms with Crippen LogP contribution in [-0.2, 0) is 13.1 Å². The van der Waals surface area contributed by atoms with Crippen molar-refractivity contribution < 1.29 is 0 Å². The summed E-state index contributed by atoms with van der Waals surface area (Å²) in [5.74, 6) is 1.00. The summed E-state index contributed by atoms with van der Waals surface area (Å²) in [6, 6.07) is 21.7. The largest absolute Gasteiger partial charge is 0.295 e. The van der Waals surface area contributed by atoms with Crippen LogP contribution in [0.4, 0.5) is 0 Å². The van der Waals surface area contributed by atoms with Gasteiger partial charge in [-0.05, 0) is 30.0 Å². The Morgan fingerprint density at radius 3 is 1.70 bits per heavy atom. The fraction of sp³-hybridized carbons (Fsp3) is 0.368. The molecule has 1 fully saturated rings. The molecule has 3 rings (SSSR count). The third-order valence-corrected chi connectivity index (χ3v) is 4.05. The zero-order chi connectivity index (χ0) is 13.6. The molecule has 2 aromatic carbocycles. The van der Waals surface area contributed by atoms with Gasteiger partial charge in [0.25, 0.3) is 0 Å². The molecule has 1 aliphatic carbocycles. The molecule has 1 saturated carbocycles. The predicted octanol–water partition coefficient (Wildman–Crippen LogP) is 4.49. The van der Waals surface area contributed by atoms with E-state index in [0.29, 0.717) is 0 Å². The quantitative estimate of drug-likeness (QED) is 0.713. The van der Waals surface area contributed by atoms with E-state index in [2.05, 4.69) is 65.6 Å². The smallest absolute Gasteiger partial charge is 0.0237 e. The molecular weight excluding hydrogens is 242 g/mol. The van der Waals surface area contributed by atoms with Crippen LogP contribution in [-0.4, -0.2) is 11.4 Å². The van der Waals surface area contributed by atoms with Gasteiger partial charge in [-0.15, -0.1) is 0 Å². The van der Waals surface area contributed by atoms with Gasteiger partial charge in [-0.1, -0.05) is 73.5 Å². The van der Waals surface area contributed by atoms with Crippen LogP contribution < -0.4 is 0 Å². The summed E-state index contributed by atoms with van der Waals surface area (Å²) < 4.78 is 0. The van der Waals surface area contributed by atoms with E-state index in [0.717, 1.165) is 19.0 Å². The molecule has 0 heterocycles. The lowest BCUT2D eigenvalue weighted by Crippen LogP contribution is -2.24. The molecule has 1 nitrogen and oxygen atoms in total. The first-order valence-electron chi connectivity index (χ1n) is 7.70. The fourth-order valence-corrected chi connectivity index (χ4v) is 2.67. The van der Waals surface area contributed by atoms with E-state index in [1.165, 1.54) is 36.9 Å². The first kappa shape index (κ1) is 13.4. The second kappa shape index (κ2) is 6.71. The third kappa shape index (κ3) is 4.21. The molecule has 0 aliphatic heterocycles. The molecule has 0 saturated heterocycles. The molecule has 0 radical (unpaired) electrons. The lowest BCUT2D eigenvalue weighted by molar-refractivity contribution is 0.248. The van der Waals surface area contributed by atoms with Gasteiger partial charge in [0.2, 0.25) is 0 Å². The Bertz CT molecular complexity index is 460. The van der Waals surface area contributed by atoms with Crippen molar-refractivity contribution in [3.05, 3.63) is 71.8 Å². The Morgan fingerprint density at radius 1 is 0.750 bits per heavy atom. The lowest BCUT2D eigenvalue weighted by Gasteiger charge is -2.22. The van der Waals surface area contributed by atoms with Gasteiger partial charge in [-0.2, -0.15) is 0 Å². The zero-order valence-corrected chi connectivity index (χ0v) is 12.0. The van der Waals surface area contributed by atoms with E-state index in [-0.39, 0.29) is 0 Å². The topological polar surface area (TPSA) is 3.24 Å². The van der Waals surface area contributed by atoms with Gasteiger partial charge in [0.05, 0.1) is 0 Å². The van der Waals surface area contributed by atoms with Crippen LogP contribution in [0.1, 0.15) is 30.4 Å². The average Bonchev–Trinajstić information content (AvgIpc) is 3.31. The molecule has 0 N–H and O–H groups in total. The number of nitrogens with zero attached hydrogens (tertiary/aromatic N) is 1. The molecule has 0 unspecified atom stereocenters. The summed E-state index contributed by atoms with van der Waals surface area (Å²) in [6.07, 6.45) is 4.26. The van der Waals surface area contributed by atoms with Crippen molar-refractivity contribution in [2.45, 2.75) is 32.4 Å². The van der Waals surface area contributed by atoms with Crippen molar-refractivity contribution in [2.75, 3.05) is 6.54 Å². The van der Waals surface area contributed by atoms with E-state index >= 15 is 0 Å².